The summed E-state index contributed by atoms with van der Waals surface area (Å²) in [7, 11) is -3.43. The summed E-state index contributed by atoms with van der Waals surface area (Å²) in [5, 5.41) is 21.7. The number of hydrogen-bond donors (Lipinski definition) is 3. The molecule has 1 fully saturated rings. The van der Waals surface area contributed by atoms with Crippen molar-refractivity contribution in [3.8, 4) is 11.6 Å². The van der Waals surface area contributed by atoms with E-state index in [1.807, 2.05) is 33.8 Å². The molecule has 0 radical (unpaired) electrons. The molecule has 0 aliphatic heterocycles. The number of fused-ring (bicyclic) bond motifs is 1. The van der Waals surface area contributed by atoms with Crippen LogP contribution in [0.4, 0.5) is 16.1 Å². The van der Waals surface area contributed by atoms with Gasteiger partial charge in [0.25, 0.3) is 5.89 Å². The number of rotatable bonds is 6. The van der Waals surface area contributed by atoms with E-state index >= 15 is 0 Å². The fraction of sp³-hybridized carbons (Fsp3) is 0.500. The minimum atomic E-state index is -3.43. The van der Waals surface area contributed by atoms with Gasteiger partial charge in [-0.1, -0.05) is 25.9 Å². The first kappa shape index (κ1) is 23.4. The Morgan fingerprint density at radius 2 is 1.94 bits per heavy atom. The van der Waals surface area contributed by atoms with Gasteiger partial charge in [0.05, 0.1) is 17.4 Å². The number of anilines is 2. The molecule has 3 aromatic rings. The Morgan fingerprint density at radius 3 is 2.55 bits per heavy atom. The monoisotopic (exact) mass is 477 g/mol. The summed E-state index contributed by atoms with van der Waals surface area (Å²) < 4.78 is 44.6. The Bertz CT molecular complexity index is 1310. The van der Waals surface area contributed by atoms with Crippen LogP contribution in [0.5, 0.6) is 0 Å². The Hall–Kier alpha value is -2.79. The number of alkyl halides is 1. The number of aromatic nitrogens is 3. The SMILES string of the molecule is Cc1cc(-c2nnc(NC3CC(O)(CF)C3)o2)nc2c(C(C)(C)C)cc(NS(C)(=O)=O)cc12. The van der Waals surface area contributed by atoms with Crippen molar-refractivity contribution in [1.82, 2.24) is 15.2 Å². The van der Waals surface area contributed by atoms with Crippen molar-refractivity contribution < 1.29 is 22.3 Å². The second kappa shape index (κ2) is 7.91. The zero-order valence-corrected chi connectivity index (χ0v) is 20.0. The Morgan fingerprint density at radius 1 is 1.24 bits per heavy atom. The number of aliphatic hydroxyl groups is 1. The largest absolute Gasteiger partial charge is 0.402 e. The van der Waals surface area contributed by atoms with E-state index in [1.54, 1.807) is 12.1 Å². The molecular weight excluding hydrogens is 449 g/mol. The second-order valence-corrected chi connectivity index (χ2v) is 11.6. The molecule has 0 saturated heterocycles. The Kier molecular flexibility index (Phi) is 5.60. The second-order valence-electron chi connectivity index (χ2n) is 9.89. The highest BCUT2D eigenvalue weighted by molar-refractivity contribution is 7.92. The maximum atomic E-state index is 12.8. The van der Waals surface area contributed by atoms with Crippen molar-refractivity contribution in [2.75, 3.05) is 23.0 Å². The van der Waals surface area contributed by atoms with Crippen LogP contribution < -0.4 is 10.0 Å². The van der Waals surface area contributed by atoms with Crippen LogP contribution >= 0.6 is 0 Å². The van der Waals surface area contributed by atoms with Gasteiger partial charge >= 0.3 is 6.01 Å². The smallest absolute Gasteiger partial charge is 0.316 e. The lowest BCUT2D eigenvalue weighted by Crippen LogP contribution is -2.52. The van der Waals surface area contributed by atoms with Crippen molar-refractivity contribution in [2.45, 2.75) is 57.6 Å². The third kappa shape index (κ3) is 4.93. The van der Waals surface area contributed by atoms with Crippen LogP contribution in [0, 0.1) is 6.92 Å². The standard InChI is InChI=1S/C22H28FN5O4S/c1-12-6-17(19-26-27-20(32-19)24-14-9-22(29,10-14)11-23)25-18-15(12)7-13(28-33(5,30)31)8-16(18)21(2,3)4/h6-8,14,28-29H,9-11H2,1-5H3,(H,24,27). The average molecular weight is 478 g/mol. The van der Waals surface area contributed by atoms with E-state index < -0.39 is 22.3 Å². The molecule has 2 aromatic heterocycles. The van der Waals surface area contributed by atoms with Gasteiger partial charge in [0.15, 0.2) is 0 Å². The van der Waals surface area contributed by atoms with Crippen LogP contribution in [0.3, 0.4) is 0 Å². The van der Waals surface area contributed by atoms with E-state index in [0.29, 0.717) is 11.4 Å². The van der Waals surface area contributed by atoms with Crippen molar-refractivity contribution in [3.05, 3.63) is 29.3 Å². The number of sulfonamides is 1. The molecule has 2 heterocycles. The highest BCUT2D eigenvalue weighted by Gasteiger charge is 2.43. The zero-order valence-electron chi connectivity index (χ0n) is 19.2. The van der Waals surface area contributed by atoms with Gasteiger partial charge in [0.2, 0.25) is 10.0 Å². The lowest BCUT2D eigenvalue weighted by atomic mass is 9.77. The number of hydrogen-bond acceptors (Lipinski definition) is 8. The van der Waals surface area contributed by atoms with Crippen LogP contribution in [0.15, 0.2) is 22.6 Å². The number of halogens is 1. The van der Waals surface area contributed by atoms with E-state index in [9.17, 15) is 17.9 Å². The van der Waals surface area contributed by atoms with Crippen molar-refractivity contribution in [1.29, 1.82) is 0 Å². The molecule has 1 saturated carbocycles. The summed E-state index contributed by atoms with van der Waals surface area (Å²) in [6, 6.07) is 5.41. The highest BCUT2D eigenvalue weighted by atomic mass is 32.2. The first-order valence-electron chi connectivity index (χ1n) is 10.6. The molecule has 178 valence electrons. The molecule has 0 unspecified atom stereocenters. The van der Waals surface area contributed by atoms with E-state index in [4.69, 9.17) is 9.40 Å². The van der Waals surface area contributed by atoms with E-state index in [-0.39, 0.29) is 36.2 Å². The van der Waals surface area contributed by atoms with Crippen LogP contribution in [0.2, 0.25) is 0 Å². The molecule has 0 amide bonds. The number of pyridine rings is 1. The summed E-state index contributed by atoms with van der Waals surface area (Å²) in [6.45, 7) is 7.22. The summed E-state index contributed by atoms with van der Waals surface area (Å²) >= 11 is 0. The first-order valence-corrected chi connectivity index (χ1v) is 12.5. The molecule has 33 heavy (non-hydrogen) atoms. The first-order chi connectivity index (χ1) is 15.3. The van der Waals surface area contributed by atoms with Crippen molar-refractivity contribution in [3.63, 3.8) is 0 Å². The average Bonchev–Trinajstić information content (AvgIpc) is 3.13. The van der Waals surface area contributed by atoms with Gasteiger partial charge in [-0.25, -0.2) is 17.8 Å². The van der Waals surface area contributed by atoms with E-state index in [1.165, 1.54) is 0 Å². The number of nitrogens with zero attached hydrogens (tertiary/aromatic N) is 3. The molecule has 1 aliphatic carbocycles. The molecule has 11 heteroatoms. The topological polar surface area (TPSA) is 130 Å². The number of aryl methyl sites for hydroxylation is 1. The lowest BCUT2D eigenvalue weighted by molar-refractivity contribution is -0.0592. The summed E-state index contributed by atoms with van der Waals surface area (Å²) in [6.07, 6.45) is 1.66. The van der Waals surface area contributed by atoms with Gasteiger partial charge < -0.3 is 14.8 Å². The van der Waals surface area contributed by atoms with Crippen molar-refractivity contribution in [2.24, 2.45) is 0 Å². The lowest BCUT2D eigenvalue weighted by Gasteiger charge is -2.41. The van der Waals surface area contributed by atoms with Crippen molar-refractivity contribution >= 4 is 32.6 Å². The molecule has 3 N–H and O–H groups in total. The van der Waals surface area contributed by atoms with Crippen LogP contribution in [-0.2, 0) is 15.4 Å². The van der Waals surface area contributed by atoms with Gasteiger partial charge in [-0.05, 0) is 54.5 Å². The third-order valence-electron chi connectivity index (χ3n) is 5.70. The van der Waals surface area contributed by atoms with E-state index in [2.05, 4.69) is 20.2 Å². The zero-order chi connectivity index (χ0) is 24.2. The normalized spacial score (nSPS) is 21.1. The minimum absolute atomic E-state index is 0.140. The molecule has 1 aromatic carbocycles. The minimum Gasteiger partial charge on any atom is -0.402 e. The van der Waals surface area contributed by atoms with Gasteiger partial charge in [-0.15, -0.1) is 5.10 Å². The maximum Gasteiger partial charge on any atom is 0.316 e. The number of nitrogens with one attached hydrogen (secondary N) is 2. The third-order valence-corrected chi connectivity index (χ3v) is 6.31. The molecule has 4 rings (SSSR count). The van der Waals surface area contributed by atoms with Gasteiger partial charge in [-0.2, -0.15) is 0 Å². The molecule has 1 aliphatic rings. The predicted octanol–water partition coefficient (Wildman–Crippen LogP) is 3.54. The van der Waals surface area contributed by atoms with Gasteiger partial charge in [0, 0.05) is 17.1 Å². The maximum absolute atomic E-state index is 12.8. The Labute approximate surface area is 191 Å². The van der Waals surface area contributed by atoms with E-state index in [0.717, 1.165) is 28.3 Å². The quantitative estimate of drug-likeness (QED) is 0.491. The predicted molar refractivity (Wildman–Crippen MR) is 125 cm³/mol. The molecule has 0 bridgehead atoms. The van der Waals surface area contributed by atoms with Crippen LogP contribution in [0.25, 0.3) is 22.5 Å². The Balaban J connectivity index is 1.70. The number of benzene rings is 1. The fourth-order valence-corrected chi connectivity index (χ4v) is 4.62. The van der Waals surface area contributed by atoms with Crippen LogP contribution in [-0.4, -0.2) is 53.3 Å². The van der Waals surface area contributed by atoms with Crippen LogP contribution in [0.1, 0.15) is 44.7 Å². The summed E-state index contributed by atoms with van der Waals surface area (Å²) in [4.78, 5) is 4.78. The molecule has 9 nitrogen and oxygen atoms in total. The van der Waals surface area contributed by atoms with Gasteiger partial charge in [-0.3, -0.25) is 4.72 Å². The summed E-state index contributed by atoms with van der Waals surface area (Å²) in [5.74, 6) is 0.223. The summed E-state index contributed by atoms with van der Waals surface area (Å²) in [5.41, 5.74) is 1.84. The molecule has 0 atom stereocenters. The molecular formula is C22H28FN5O4S. The van der Waals surface area contributed by atoms with Gasteiger partial charge in [0.1, 0.15) is 12.4 Å². The fourth-order valence-electron chi connectivity index (χ4n) is 4.07. The molecule has 0 spiro atoms. The highest BCUT2D eigenvalue weighted by Crippen LogP contribution is 2.37.